The normalized spacial score (nSPS) is 16.2. The fraction of sp³-hybridized carbons (Fsp3) is 0.375. The van der Waals surface area contributed by atoms with Gasteiger partial charge in [0.05, 0.1) is 5.69 Å². The van der Waals surface area contributed by atoms with Crippen LogP contribution in [0.15, 0.2) is 54.9 Å². The smallest absolute Gasteiger partial charge is 0.344 e. The standard InChI is InChI=1S/C24H31ClN4O3S/c1-5-6-13-26(4)22-12-9-20(23(25)16-22)17-27-14-15-28(19(27)3)24(30)29(33(31)32)21-10-7-18(2)8-11-21/h7-12,14-16,19H,5-6,13,17H2,1-4H3,(H,31,32). The Hall–Kier alpha value is -2.55. The molecular weight excluding hydrogens is 460 g/mol. The first-order valence-electron chi connectivity index (χ1n) is 11.0. The highest BCUT2D eigenvalue weighted by molar-refractivity contribution is 7.81. The van der Waals surface area contributed by atoms with Crippen molar-refractivity contribution in [3.8, 4) is 0 Å². The minimum absolute atomic E-state index is 0.350. The monoisotopic (exact) mass is 490 g/mol. The third-order valence-electron chi connectivity index (χ3n) is 5.80. The van der Waals surface area contributed by atoms with E-state index in [1.807, 2.05) is 30.9 Å². The summed E-state index contributed by atoms with van der Waals surface area (Å²) in [5.74, 6) is 0. The first-order valence-corrected chi connectivity index (χ1v) is 12.4. The Labute approximate surface area is 203 Å². The van der Waals surface area contributed by atoms with Crippen LogP contribution in [0.4, 0.5) is 16.2 Å². The lowest BCUT2D eigenvalue weighted by atomic mass is 10.1. The van der Waals surface area contributed by atoms with Gasteiger partial charge >= 0.3 is 6.03 Å². The number of unbranched alkanes of at least 4 members (excludes halogenated alkanes) is 1. The molecule has 0 saturated carbocycles. The molecule has 0 radical (unpaired) electrons. The number of benzene rings is 2. The van der Waals surface area contributed by atoms with Crippen molar-refractivity contribution < 1.29 is 13.6 Å². The lowest BCUT2D eigenvalue weighted by molar-refractivity contribution is 0.168. The Morgan fingerprint density at radius 1 is 1.15 bits per heavy atom. The second-order valence-electron chi connectivity index (χ2n) is 8.20. The molecule has 9 heteroatoms. The lowest BCUT2D eigenvalue weighted by Crippen LogP contribution is -2.47. The third kappa shape index (κ3) is 5.88. The number of anilines is 2. The Balaban J connectivity index is 1.71. The van der Waals surface area contributed by atoms with E-state index in [1.165, 1.54) is 4.90 Å². The second-order valence-corrected chi connectivity index (χ2v) is 9.44. The van der Waals surface area contributed by atoms with E-state index < -0.39 is 17.3 Å². The molecule has 1 N–H and O–H groups in total. The summed E-state index contributed by atoms with van der Waals surface area (Å²) in [6.45, 7) is 7.42. The molecule has 2 aromatic rings. The first-order chi connectivity index (χ1) is 15.7. The van der Waals surface area contributed by atoms with E-state index >= 15 is 0 Å². The van der Waals surface area contributed by atoms with Gasteiger partial charge in [0.25, 0.3) is 11.3 Å². The van der Waals surface area contributed by atoms with Crippen LogP contribution in [0.25, 0.3) is 0 Å². The Morgan fingerprint density at radius 3 is 2.42 bits per heavy atom. The summed E-state index contributed by atoms with van der Waals surface area (Å²) in [7, 11) is 2.06. The van der Waals surface area contributed by atoms with E-state index in [0.717, 1.165) is 40.5 Å². The van der Waals surface area contributed by atoms with E-state index in [9.17, 15) is 13.6 Å². The van der Waals surface area contributed by atoms with Crippen molar-refractivity contribution in [2.75, 3.05) is 22.8 Å². The summed E-state index contributed by atoms with van der Waals surface area (Å²) >= 11 is 4.08. The molecule has 1 heterocycles. The highest BCUT2D eigenvalue weighted by Gasteiger charge is 2.33. The van der Waals surface area contributed by atoms with Gasteiger partial charge in [-0.05, 0) is 50.1 Å². The van der Waals surface area contributed by atoms with E-state index in [1.54, 1.807) is 36.7 Å². The van der Waals surface area contributed by atoms with Crippen LogP contribution in [0.2, 0.25) is 5.02 Å². The predicted molar refractivity (Wildman–Crippen MR) is 135 cm³/mol. The number of hydrogen-bond acceptors (Lipinski definition) is 4. The van der Waals surface area contributed by atoms with Crippen molar-refractivity contribution in [1.29, 1.82) is 0 Å². The Morgan fingerprint density at radius 2 is 1.82 bits per heavy atom. The van der Waals surface area contributed by atoms with Crippen LogP contribution in [-0.4, -0.2) is 44.4 Å². The van der Waals surface area contributed by atoms with E-state index in [0.29, 0.717) is 17.3 Å². The Kier molecular flexibility index (Phi) is 8.40. The van der Waals surface area contributed by atoms with Crippen molar-refractivity contribution in [2.45, 2.75) is 46.3 Å². The minimum atomic E-state index is -2.50. The number of carbonyl (C=O) groups excluding carboxylic acids is 1. The maximum atomic E-state index is 13.1. The number of aryl methyl sites for hydroxylation is 1. The summed E-state index contributed by atoms with van der Waals surface area (Å²) in [4.78, 5) is 18.7. The molecule has 178 valence electrons. The molecule has 0 aliphatic carbocycles. The fourth-order valence-electron chi connectivity index (χ4n) is 3.65. The highest BCUT2D eigenvalue weighted by Crippen LogP contribution is 2.28. The third-order valence-corrected chi connectivity index (χ3v) is 6.83. The van der Waals surface area contributed by atoms with Gasteiger partial charge in [0, 0.05) is 43.2 Å². The van der Waals surface area contributed by atoms with Crippen LogP contribution in [-0.2, 0) is 17.8 Å². The SMILES string of the molecule is CCCCN(C)c1ccc(CN2C=CN(C(=O)N(c3ccc(C)cc3)S(=O)O)C2C)c(Cl)c1. The first kappa shape index (κ1) is 25.1. The topological polar surface area (TPSA) is 67.3 Å². The summed E-state index contributed by atoms with van der Waals surface area (Å²) in [5.41, 5.74) is 3.36. The van der Waals surface area contributed by atoms with Crippen LogP contribution in [0.5, 0.6) is 0 Å². The molecule has 7 nitrogen and oxygen atoms in total. The molecule has 2 atom stereocenters. The van der Waals surface area contributed by atoms with E-state index in [2.05, 4.69) is 24.9 Å². The number of hydrogen-bond donors (Lipinski definition) is 1. The number of urea groups is 1. The quantitative estimate of drug-likeness (QED) is 0.489. The number of amides is 2. The van der Waals surface area contributed by atoms with Crippen LogP contribution in [0.1, 0.15) is 37.8 Å². The molecule has 0 bridgehead atoms. The molecule has 3 rings (SSSR count). The van der Waals surface area contributed by atoms with E-state index in [4.69, 9.17) is 11.6 Å². The van der Waals surface area contributed by atoms with Crippen LogP contribution >= 0.6 is 11.6 Å². The van der Waals surface area contributed by atoms with Gasteiger partial charge in [0.1, 0.15) is 6.17 Å². The van der Waals surface area contributed by atoms with Gasteiger partial charge in [-0.15, -0.1) is 0 Å². The number of halogens is 1. The van der Waals surface area contributed by atoms with Crippen molar-refractivity contribution in [3.05, 3.63) is 71.0 Å². The van der Waals surface area contributed by atoms with Crippen molar-refractivity contribution in [3.63, 3.8) is 0 Å². The maximum absolute atomic E-state index is 13.1. The molecule has 2 aromatic carbocycles. The molecule has 2 amide bonds. The second kappa shape index (κ2) is 11.0. The summed E-state index contributed by atoms with van der Waals surface area (Å²) < 4.78 is 22.7. The zero-order valence-electron chi connectivity index (χ0n) is 19.4. The largest absolute Gasteiger partial charge is 0.375 e. The molecule has 2 unspecified atom stereocenters. The van der Waals surface area contributed by atoms with Gasteiger partial charge in [0.15, 0.2) is 0 Å². The molecule has 0 fully saturated rings. The van der Waals surface area contributed by atoms with Gasteiger partial charge < -0.3 is 9.80 Å². The number of carbonyl (C=O) groups is 1. The Bertz CT molecular complexity index is 1030. The van der Waals surface area contributed by atoms with Gasteiger partial charge in [-0.2, -0.15) is 4.31 Å². The van der Waals surface area contributed by atoms with Crippen molar-refractivity contribution in [1.82, 2.24) is 9.80 Å². The number of nitrogens with zero attached hydrogens (tertiary/aromatic N) is 4. The molecule has 1 aliphatic rings. The summed E-state index contributed by atoms with van der Waals surface area (Å²) in [6, 6.07) is 12.3. The predicted octanol–water partition coefficient (Wildman–Crippen LogP) is 5.58. The molecule has 0 aromatic heterocycles. The van der Waals surface area contributed by atoms with Gasteiger partial charge in [-0.25, -0.2) is 9.00 Å². The minimum Gasteiger partial charge on any atom is -0.375 e. The average Bonchev–Trinajstić information content (AvgIpc) is 3.14. The molecule has 33 heavy (non-hydrogen) atoms. The average molecular weight is 491 g/mol. The van der Waals surface area contributed by atoms with Crippen LogP contribution in [0, 0.1) is 6.92 Å². The van der Waals surface area contributed by atoms with Gasteiger partial charge in [-0.1, -0.05) is 48.7 Å². The highest BCUT2D eigenvalue weighted by atomic mass is 35.5. The zero-order valence-corrected chi connectivity index (χ0v) is 21.0. The van der Waals surface area contributed by atoms with Gasteiger partial charge in [0.2, 0.25) is 0 Å². The van der Waals surface area contributed by atoms with Crippen LogP contribution < -0.4 is 9.21 Å². The van der Waals surface area contributed by atoms with Crippen LogP contribution in [0.3, 0.4) is 0 Å². The summed E-state index contributed by atoms with van der Waals surface area (Å²) in [5, 5.41) is 0.666. The molecule has 0 spiro atoms. The molecule has 0 saturated heterocycles. The molecular formula is C24H31ClN4O3S. The van der Waals surface area contributed by atoms with E-state index in [-0.39, 0.29) is 6.17 Å². The molecule has 1 aliphatic heterocycles. The van der Waals surface area contributed by atoms with Crippen molar-refractivity contribution >= 4 is 40.3 Å². The van der Waals surface area contributed by atoms with Gasteiger partial charge in [-0.3, -0.25) is 9.45 Å². The zero-order chi connectivity index (χ0) is 24.1. The maximum Gasteiger partial charge on any atom is 0.344 e. The summed E-state index contributed by atoms with van der Waals surface area (Å²) in [6.07, 6.45) is 5.33. The number of rotatable bonds is 8. The van der Waals surface area contributed by atoms with Crippen molar-refractivity contribution in [2.24, 2.45) is 0 Å². The lowest BCUT2D eigenvalue weighted by Gasteiger charge is -2.31. The fourth-order valence-corrected chi connectivity index (χ4v) is 4.41.